The Bertz CT molecular complexity index is 1310. The van der Waals surface area contributed by atoms with E-state index in [4.69, 9.17) is 4.74 Å². The van der Waals surface area contributed by atoms with Crippen LogP contribution in [-0.2, 0) is 4.79 Å². The highest BCUT2D eigenvalue weighted by Crippen LogP contribution is 2.39. The van der Waals surface area contributed by atoms with Crippen LogP contribution in [0.1, 0.15) is 27.9 Å². The maximum Gasteiger partial charge on any atom is 0.328 e. The predicted molar refractivity (Wildman–Crippen MR) is 122 cm³/mol. The molecule has 0 radical (unpaired) electrons. The minimum Gasteiger partial charge on any atom is -0.493 e. The number of hydrogen-bond donors (Lipinski definition) is 2. The number of carboxylic acid groups (broad SMARTS) is 1. The van der Waals surface area contributed by atoms with E-state index >= 15 is 0 Å². The second kappa shape index (κ2) is 9.44. The molecule has 8 heteroatoms. The number of pyridine rings is 1. The van der Waals surface area contributed by atoms with Gasteiger partial charge in [-0.05, 0) is 41.5 Å². The summed E-state index contributed by atoms with van der Waals surface area (Å²) in [5.41, 5.74) is 3.15. The Morgan fingerprint density at radius 2 is 1.82 bits per heavy atom. The van der Waals surface area contributed by atoms with Gasteiger partial charge in [-0.2, -0.15) is 4.73 Å². The van der Waals surface area contributed by atoms with Crippen molar-refractivity contribution in [1.29, 1.82) is 0 Å². The smallest absolute Gasteiger partial charge is 0.328 e. The third kappa shape index (κ3) is 4.64. The van der Waals surface area contributed by atoms with E-state index in [0.717, 1.165) is 10.8 Å². The number of nitrogens with zero attached hydrogens (tertiary/aromatic N) is 3. The second-order valence-electron chi connectivity index (χ2n) is 7.47. The van der Waals surface area contributed by atoms with Gasteiger partial charge < -0.3 is 20.0 Å². The zero-order chi connectivity index (χ0) is 23.4. The van der Waals surface area contributed by atoms with Gasteiger partial charge in [-0.15, -0.1) is 0 Å². The number of carbonyl (C=O) groups excluding carboxylic acids is 1. The molecule has 0 spiro atoms. The van der Waals surface area contributed by atoms with Crippen molar-refractivity contribution >= 4 is 23.1 Å². The summed E-state index contributed by atoms with van der Waals surface area (Å²) in [6.45, 7) is 0.852. The largest absolute Gasteiger partial charge is 0.493 e. The minimum absolute atomic E-state index is 0.225. The molecule has 0 fully saturated rings. The topological polar surface area (TPSA) is 104 Å². The molecule has 0 saturated carbocycles. The van der Waals surface area contributed by atoms with Crippen LogP contribution in [-0.4, -0.2) is 47.1 Å². The quantitative estimate of drug-likeness (QED) is 0.344. The Labute approximate surface area is 190 Å². The summed E-state index contributed by atoms with van der Waals surface area (Å²) in [6, 6.07) is 17.5. The fraction of sp³-hybridized carbons (Fsp3) is 0.160. The molecule has 1 aromatic heterocycles. The van der Waals surface area contributed by atoms with Crippen LogP contribution in [0.5, 0.6) is 5.75 Å². The molecule has 2 heterocycles. The highest BCUT2D eigenvalue weighted by atomic mass is 16.5. The molecular weight excluding hydrogens is 422 g/mol. The minimum atomic E-state index is -1.09. The molecule has 4 rings (SSSR count). The Hall–Kier alpha value is -4.33. The number of amides is 1. The third-order valence-corrected chi connectivity index (χ3v) is 5.30. The Kier molecular flexibility index (Phi) is 6.26. The van der Waals surface area contributed by atoms with Crippen LogP contribution in [0.25, 0.3) is 5.57 Å². The number of benzene rings is 2. The first-order chi connectivity index (χ1) is 16.0. The van der Waals surface area contributed by atoms with Gasteiger partial charge in [-0.3, -0.25) is 9.79 Å². The molecule has 0 unspecified atom stereocenters. The van der Waals surface area contributed by atoms with Crippen LogP contribution in [0, 0.1) is 0 Å². The van der Waals surface area contributed by atoms with Crippen LogP contribution in [0.3, 0.4) is 0 Å². The summed E-state index contributed by atoms with van der Waals surface area (Å²) in [6.07, 6.45) is 3.26. The van der Waals surface area contributed by atoms with Gasteiger partial charge in [0.25, 0.3) is 5.91 Å². The number of carboxylic acids is 1. The summed E-state index contributed by atoms with van der Waals surface area (Å²) in [4.78, 5) is 30.4. The van der Waals surface area contributed by atoms with Crippen LogP contribution >= 0.6 is 0 Å². The van der Waals surface area contributed by atoms with Crippen molar-refractivity contribution in [3.8, 4) is 5.75 Å². The van der Waals surface area contributed by atoms with Gasteiger partial charge in [0, 0.05) is 49.5 Å². The molecule has 3 aromatic rings. The third-order valence-electron chi connectivity index (χ3n) is 5.30. The van der Waals surface area contributed by atoms with Gasteiger partial charge in [0.2, 0.25) is 0 Å². The number of hydrogen-bond acceptors (Lipinski definition) is 5. The standard InChI is InChI=1S/C25H23N3O5/c1-27-22-15-17(33-14-6-12-26-23-9-4-5-13-28(23)32)10-11-19(22)21(16-24(29)30)18-7-2-3-8-20(18)25(27)31/h2-5,7-11,13,15-16,32H,6,12,14H2,1H3,(H,29,30)/b21-16+,26-23?. The van der Waals surface area contributed by atoms with Crippen molar-refractivity contribution in [3.63, 3.8) is 0 Å². The normalized spacial score (nSPS) is 14.6. The summed E-state index contributed by atoms with van der Waals surface area (Å²) in [5.74, 6) is -0.753. The van der Waals surface area contributed by atoms with E-state index in [1.54, 1.807) is 67.7 Å². The highest BCUT2D eigenvalue weighted by molar-refractivity contribution is 6.15. The van der Waals surface area contributed by atoms with Crippen LogP contribution in [0.2, 0.25) is 0 Å². The Balaban J connectivity index is 1.57. The van der Waals surface area contributed by atoms with Crippen LogP contribution in [0.4, 0.5) is 5.69 Å². The summed E-state index contributed by atoms with van der Waals surface area (Å²) in [7, 11) is 1.66. The maximum atomic E-state index is 13.1. The van der Waals surface area contributed by atoms with E-state index in [2.05, 4.69) is 4.99 Å². The first-order valence-electron chi connectivity index (χ1n) is 10.4. The molecule has 33 heavy (non-hydrogen) atoms. The van der Waals surface area contributed by atoms with Gasteiger partial charge in [0.05, 0.1) is 12.3 Å². The second-order valence-corrected chi connectivity index (χ2v) is 7.47. The lowest BCUT2D eigenvalue weighted by Gasteiger charge is -2.19. The number of carbonyl (C=O) groups is 2. The van der Waals surface area contributed by atoms with Crippen molar-refractivity contribution in [2.75, 3.05) is 25.1 Å². The maximum absolute atomic E-state index is 13.1. The molecule has 0 saturated heterocycles. The van der Waals surface area contributed by atoms with Crippen molar-refractivity contribution < 1.29 is 24.6 Å². The van der Waals surface area contributed by atoms with Crippen LogP contribution in [0.15, 0.2) is 77.9 Å². The van der Waals surface area contributed by atoms with E-state index in [0.29, 0.717) is 58.8 Å². The molecule has 2 N–H and O–H groups in total. The average Bonchev–Trinajstić information content (AvgIpc) is 2.89. The van der Waals surface area contributed by atoms with E-state index < -0.39 is 5.97 Å². The number of fused-ring (bicyclic) bond motifs is 2. The van der Waals surface area contributed by atoms with E-state index in [1.807, 2.05) is 0 Å². The number of aliphatic carboxylic acids is 1. The van der Waals surface area contributed by atoms with E-state index in [1.165, 1.54) is 11.1 Å². The lowest BCUT2D eigenvalue weighted by molar-refractivity contribution is -0.131. The number of rotatable bonds is 6. The zero-order valence-corrected chi connectivity index (χ0v) is 18.0. The van der Waals surface area contributed by atoms with Crippen molar-refractivity contribution in [2.45, 2.75) is 6.42 Å². The highest BCUT2D eigenvalue weighted by Gasteiger charge is 2.27. The molecule has 0 bridgehead atoms. The summed E-state index contributed by atoms with van der Waals surface area (Å²) < 4.78 is 6.81. The van der Waals surface area contributed by atoms with E-state index in [9.17, 15) is 19.9 Å². The van der Waals surface area contributed by atoms with Gasteiger partial charge >= 0.3 is 5.97 Å². The SMILES string of the molecule is CN1C(=O)c2ccccc2/C(=C\C(=O)O)c2ccc(OCCCN=c3ccccn3O)cc21. The number of anilines is 1. The van der Waals surface area contributed by atoms with Gasteiger partial charge in [-0.1, -0.05) is 24.3 Å². The first kappa shape index (κ1) is 21.9. The van der Waals surface area contributed by atoms with E-state index in [-0.39, 0.29) is 5.91 Å². The summed E-state index contributed by atoms with van der Waals surface area (Å²) >= 11 is 0. The van der Waals surface area contributed by atoms with Crippen LogP contribution < -0.4 is 15.1 Å². The zero-order valence-electron chi connectivity index (χ0n) is 18.0. The molecule has 2 aromatic carbocycles. The monoisotopic (exact) mass is 445 g/mol. The number of ether oxygens (including phenoxy) is 1. The molecule has 0 aliphatic carbocycles. The van der Waals surface area contributed by atoms with Gasteiger partial charge in [0.1, 0.15) is 5.75 Å². The molecule has 0 atom stereocenters. The fourth-order valence-electron chi connectivity index (χ4n) is 3.72. The molecule has 168 valence electrons. The molecule has 8 nitrogen and oxygen atoms in total. The van der Waals surface area contributed by atoms with Gasteiger partial charge in [-0.25, -0.2) is 4.79 Å². The molecule has 1 aliphatic heterocycles. The Morgan fingerprint density at radius 1 is 1.06 bits per heavy atom. The molecule has 1 amide bonds. The lowest BCUT2D eigenvalue weighted by atomic mass is 9.94. The molecular formula is C25H23N3O5. The predicted octanol–water partition coefficient (Wildman–Crippen LogP) is 3.20. The first-order valence-corrected chi connectivity index (χ1v) is 10.4. The Morgan fingerprint density at radius 3 is 2.58 bits per heavy atom. The molecule has 1 aliphatic rings. The lowest BCUT2D eigenvalue weighted by Crippen LogP contribution is -2.26. The van der Waals surface area contributed by atoms with Crippen molar-refractivity contribution in [3.05, 3.63) is 95.1 Å². The van der Waals surface area contributed by atoms with Crippen molar-refractivity contribution in [1.82, 2.24) is 4.73 Å². The van der Waals surface area contributed by atoms with Crippen molar-refractivity contribution in [2.24, 2.45) is 4.99 Å². The van der Waals surface area contributed by atoms with Gasteiger partial charge in [0.15, 0.2) is 5.49 Å². The summed E-state index contributed by atoms with van der Waals surface area (Å²) in [5, 5.41) is 19.1. The number of aromatic nitrogens is 1. The fourth-order valence-corrected chi connectivity index (χ4v) is 3.72. The average molecular weight is 445 g/mol.